The minimum atomic E-state index is -0.617. The van der Waals surface area contributed by atoms with Gasteiger partial charge in [0, 0.05) is 9.92 Å². The Labute approximate surface area is 151 Å². The zero-order chi connectivity index (χ0) is 16.6. The van der Waals surface area contributed by atoms with Gasteiger partial charge in [0.2, 0.25) is 5.91 Å². The molecule has 0 fully saturated rings. The van der Waals surface area contributed by atoms with E-state index in [1.165, 1.54) is 23.9 Å². The number of halogens is 3. The van der Waals surface area contributed by atoms with Gasteiger partial charge < -0.3 is 5.32 Å². The quantitative estimate of drug-likeness (QED) is 0.720. The van der Waals surface area contributed by atoms with Crippen LogP contribution in [0.4, 0.5) is 16.2 Å². The van der Waals surface area contributed by atoms with Crippen molar-refractivity contribution in [1.29, 1.82) is 0 Å². The third-order valence-electron chi connectivity index (χ3n) is 3.15. The van der Waals surface area contributed by atoms with Crippen molar-refractivity contribution in [2.24, 2.45) is 0 Å². The molecule has 0 aromatic heterocycles. The fourth-order valence-corrected chi connectivity index (χ4v) is 3.95. The number of benzene rings is 2. The second kappa shape index (κ2) is 6.61. The Hall–Kier alpha value is -1.40. The summed E-state index contributed by atoms with van der Waals surface area (Å²) in [7, 11) is 0. The molecule has 1 N–H and O–H groups in total. The van der Waals surface area contributed by atoms with Gasteiger partial charge in [0.1, 0.15) is 0 Å². The molecule has 8 heteroatoms. The van der Waals surface area contributed by atoms with Gasteiger partial charge in [0.05, 0.1) is 27.2 Å². The monoisotopic (exact) mass is 386 g/mol. The van der Waals surface area contributed by atoms with Crippen molar-refractivity contribution in [2.75, 3.05) is 16.0 Å². The largest absolute Gasteiger partial charge is 0.333 e. The van der Waals surface area contributed by atoms with E-state index in [9.17, 15) is 9.59 Å². The number of carbonyl (C=O) groups excluding carboxylic acids is 2. The van der Waals surface area contributed by atoms with Crippen molar-refractivity contribution in [3.63, 3.8) is 0 Å². The van der Waals surface area contributed by atoms with E-state index >= 15 is 0 Å². The molecule has 0 atom stereocenters. The highest BCUT2D eigenvalue weighted by molar-refractivity contribution is 8.00. The predicted octanol–water partition coefficient (Wildman–Crippen LogP) is 5.32. The van der Waals surface area contributed by atoms with Gasteiger partial charge in [-0.25, -0.2) is 9.69 Å². The molecule has 0 unspecified atom stereocenters. The summed E-state index contributed by atoms with van der Waals surface area (Å²) in [6, 6.07) is 9.50. The zero-order valence-electron chi connectivity index (χ0n) is 11.5. The second-order valence-electron chi connectivity index (χ2n) is 4.66. The van der Waals surface area contributed by atoms with E-state index in [0.29, 0.717) is 10.7 Å². The van der Waals surface area contributed by atoms with Crippen LogP contribution >= 0.6 is 46.6 Å². The van der Waals surface area contributed by atoms with Crippen LogP contribution in [0, 0.1) is 0 Å². The number of thioether (sulfide) groups is 1. The van der Waals surface area contributed by atoms with E-state index in [4.69, 9.17) is 34.8 Å². The molecule has 118 valence electrons. The third kappa shape index (κ3) is 3.28. The lowest BCUT2D eigenvalue weighted by Gasteiger charge is -2.27. The van der Waals surface area contributed by atoms with E-state index in [1.807, 2.05) is 12.1 Å². The van der Waals surface area contributed by atoms with Crippen LogP contribution in [0.25, 0.3) is 0 Å². The van der Waals surface area contributed by atoms with Crippen LogP contribution in [0.3, 0.4) is 0 Å². The van der Waals surface area contributed by atoms with E-state index in [0.717, 1.165) is 9.80 Å². The van der Waals surface area contributed by atoms with Gasteiger partial charge in [-0.2, -0.15) is 0 Å². The average Bonchev–Trinajstić information content (AvgIpc) is 2.50. The Balaban J connectivity index is 1.94. The highest BCUT2D eigenvalue weighted by atomic mass is 35.5. The van der Waals surface area contributed by atoms with E-state index in [1.54, 1.807) is 12.1 Å². The van der Waals surface area contributed by atoms with E-state index in [-0.39, 0.29) is 27.4 Å². The highest BCUT2D eigenvalue weighted by Crippen LogP contribution is 2.37. The van der Waals surface area contributed by atoms with Crippen molar-refractivity contribution in [1.82, 2.24) is 0 Å². The molecule has 23 heavy (non-hydrogen) atoms. The number of nitrogens with zero attached hydrogens (tertiary/aromatic N) is 1. The lowest BCUT2D eigenvalue weighted by atomic mass is 10.2. The molecule has 2 aromatic rings. The summed E-state index contributed by atoms with van der Waals surface area (Å²) < 4.78 is 0. The standard InChI is InChI=1S/C15H9Cl3N2O2S/c16-8-5-9(17)14(10(18)6-8)19-15(22)20-11-3-1-2-4-12(11)23-7-13(20)21/h1-6H,7H2,(H,19,22). The summed E-state index contributed by atoms with van der Waals surface area (Å²) in [5.74, 6) is -0.126. The summed E-state index contributed by atoms with van der Waals surface area (Å²) in [4.78, 5) is 26.7. The zero-order valence-corrected chi connectivity index (χ0v) is 14.6. The molecule has 1 aliphatic rings. The molecule has 0 bridgehead atoms. The first-order valence-corrected chi connectivity index (χ1v) is 8.59. The summed E-state index contributed by atoms with van der Waals surface area (Å²) in [5.41, 5.74) is 0.749. The summed E-state index contributed by atoms with van der Waals surface area (Å²) >= 11 is 19.4. The molecule has 0 aliphatic carbocycles. The molecule has 4 nitrogen and oxygen atoms in total. The van der Waals surface area contributed by atoms with Crippen molar-refractivity contribution in [3.8, 4) is 0 Å². The third-order valence-corrected chi connectivity index (χ3v) is 5.01. The van der Waals surface area contributed by atoms with E-state index < -0.39 is 6.03 Å². The molecule has 1 heterocycles. The summed E-state index contributed by atoms with van der Waals surface area (Å²) in [6.45, 7) is 0. The lowest BCUT2D eigenvalue weighted by Crippen LogP contribution is -2.43. The molecule has 0 spiro atoms. The molecular formula is C15H9Cl3N2O2S. The van der Waals surface area contributed by atoms with Crippen LogP contribution in [0.5, 0.6) is 0 Å². The fourth-order valence-electron chi connectivity index (χ4n) is 2.15. The van der Waals surface area contributed by atoms with Gasteiger partial charge in [0.25, 0.3) is 0 Å². The smallest absolute Gasteiger partial charge is 0.304 e. The van der Waals surface area contributed by atoms with Crippen LogP contribution < -0.4 is 10.2 Å². The number of imide groups is 1. The average molecular weight is 388 g/mol. The number of rotatable bonds is 1. The van der Waals surface area contributed by atoms with Crippen molar-refractivity contribution < 1.29 is 9.59 Å². The maximum Gasteiger partial charge on any atom is 0.333 e. The van der Waals surface area contributed by atoms with Crippen LogP contribution in [-0.2, 0) is 4.79 Å². The molecule has 0 saturated heterocycles. The maximum atomic E-state index is 12.6. The first-order valence-electron chi connectivity index (χ1n) is 6.47. The number of amides is 3. The Morgan fingerprint density at radius 1 is 1.13 bits per heavy atom. The van der Waals surface area contributed by atoms with Gasteiger partial charge in [-0.1, -0.05) is 46.9 Å². The second-order valence-corrected chi connectivity index (χ2v) is 6.93. The number of para-hydroxylation sites is 1. The SMILES string of the molecule is O=C1CSc2ccccc2N1C(=O)Nc1c(Cl)cc(Cl)cc1Cl. The number of carbonyl (C=O) groups is 2. The molecule has 3 rings (SSSR count). The number of hydrogen-bond acceptors (Lipinski definition) is 3. The van der Waals surface area contributed by atoms with E-state index in [2.05, 4.69) is 5.32 Å². The first kappa shape index (κ1) is 16.5. The predicted molar refractivity (Wildman–Crippen MR) is 95.1 cm³/mol. The number of urea groups is 1. The Bertz CT molecular complexity index is 790. The highest BCUT2D eigenvalue weighted by Gasteiger charge is 2.30. The number of hydrogen-bond donors (Lipinski definition) is 1. The van der Waals surface area contributed by atoms with Gasteiger partial charge in [0.15, 0.2) is 0 Å². The van der Waals surface area contributed by atoms with Gasteiger partial charge in [-0.15, -0.1) is 11.8 Å². The first-order chi connectivity index (χ1) is 11.0. The van der Waals surface area contributed by atoms with Crippen LogP contribution in [0.15, 0.2) is 41.3 Å². The molecule has 2 aromatic carbocycles. The van der Waals surface area contributed by atoms with Gasteiger partial charge >= 0.3 is 6.03 Å². The molecule has 3 amide bonds. The van der Waals surface area contributed by atoms with Gasteiger partial charge in [-0.05, 0) is 24.3 Å². The fraction of sp³-hybridized carbons (Fsp3) is 0.0667. The summed E-state index contributed by atoms with van der Waals surface area (Å²) in [6.07, 6.45) is 0. The van der Waals surface area contributed by atoms with Crippen molar-refractivity contribution in [3.05, 3.63) is 51.5 Å². The minimum Gasteiger partial charge on any atom is -0.304 e. The van der Waals surface area contributed by atoms with Crippen LogP contribution in [0.2, 0.25) is 15.1 Å². The molecule has 0 radical (unpaired) electrons. The minimum absolute atomic E-state index is 0.187. The Morgan fingerprint density at radius 2 is 1.78 bits per heavy atom. The topological polar surface area (TPSA) is 49.4 Å². The Morgan fingerprint density at radius 3 is 2.48 bits per heavy atom. The van der Waals surface area contributed by atoms with Crippen LogP contribution in [-0.4, -0.2) is 17.7 Å². The maximum absolute atomic E-state index is 12.6. The normalized spacial score (nSPS) is 13.7. The summed E-state index contributed by atoms with van der Waals surface area (Å²) in [5, 5.41) is 3.33. The van der Waals surface area contributed by atoms with Crippen LogP contribution in [0.1, 0.15) is 0 Å². The number of nitrogens with one attached hydrogen (secondary N) is 1. The van der Waals surface area contributed by atoms with Crippen molar-refractivity contribution in [2.45, 2.75) is 4.90 Å². The number of anilines is 2. The van der Waals surface area contributed by atoms with Gasteiger partial charge in [-0.3, -0.25) is 4.79 Å². The molecule has 0 saturated carbocycles. The number of fused-ring (bicyclic) bond motifs is 1. The molecule has 1 aliphatic heterocycles. The lowest BCUT2D eigenvalue weighted by molar-refractivity contribution is -0.115. The van der Waals surface area contributed by atoms with Crippen molar-refractivity contribution >= 4 is 69.9 Å². The molecular weight excluding hydrogens is 379 g/mol. The Kier molecular flexibility index (Phi) is 4.73.